The van der Waals surface area contributed by atoms with Crippen molar-refractivity contribution in [3.8, 4) is 0 Å². The van der Waals surface area contributed by atoms with E-state index in [2.05, 4.69) is 10.2 Å². The lowest BCUT2D eigenvalue weighted by Gasteiger charge is -2.09. The SMILES string of the molecule is O=C(Nc1ccc(C2CCN=N2)cc1)C(F)(F)F. The predicted molar refractivity (Wildman–Crippen MR) is 58.2 cm³/mol. The van der Waals surface area contributed by atoms with Crippen molar-refractivity contribution in [3.63, 3.8) is 0 Å². The third kappa shape index (κ3) is 2.85. The quantitative estimate of drug-likeness (QED) is 0.869. The molecule has 1 N–H and O–H groups in total. The number of rotatable bonds is 2. The van der Waals surface area contributed by atoms with Crippen LogP contribution in [0.2, 0.25) is 0 Å². The third-order valence-electron chi connectivity index (χ3n) is 2.53. The van der Waals surface area contributed by atoms with Gasteiger partial charge in [0, 0.05) is 5.69 Å². The van der Waals surface area contributed by atoms with E-state index >= 15 is 0 Å². The molecule has 0 saturated heterocycles. The summed E-state index contributed by atoms with van der Waals surface area (Å²) in [5.74, 6) is -1.98. The zero-order valence-corrected chi connectivity index (χ0v) is 9.24. The molecule has 1 aromatic rings. The lowest BCUT2D eigenvalue weighted by Crippen LogP contribution is -2.29. The van der Waals surface area contributed by atoms with Gasteiger partial charge in [0.15, 0.2) is 0 Å². The first-order chi connectivity index (χ1) is 8.47. The summed E-state index contributed by atoms with van der Waals surface area (Å²) in [6, 6.07) is 6.10. The predicted octanol–water partition coefficient (Wildman–Crippen LogP) is 3.08. The molecule has 4 nitrogen and oxygen atoms in total. The number of carbonyl (C=O) groups is 1. The zero-order valence-electron chi connectivity index (χ0n) is 9.24. The molecule has 18 heavy (non-hydrogen) atoms. The first-order valence-corrected chi connectivity index (χ1v) is 5.31. The van der Waals surface area contributed by atoms with Gasteiger partial charge >= 0.3 is 12.1 Å². The largest absolute Gasteiger partial charge is 0.471 e. The summed E-state index contributed by atoms with van der Waals surface area (Å²) in [6.07, 6.45) is -4.08. The monoisotopic (exact) mass is 257 g/mol. The molecule has 0 saturated carbocycles. The fourth-order valence-electron chi connectivity index (χ4n) is 1.62. The van der Waals surface area contributed by atoms with Crippen molar-refractivity contribution < 1.29 is 18.0 Å². The van der Waals surface area contributed by atoms with Gasteiger partial charge in [-0.1, -0.05) is 12.1 Å². The maximum absolute atomic E-state index is 12.0. The Labute approximate surface area is 101 Å². The van der Waals surface area contributed by atoms with E-state index in [9.17, 15) is 18.0 Å². The smallest absolute Gasteiger partial charge is 0.318 e. The van der Waals surface area contributed by atoms with Crippen LogP contribution in [0.4, 0.5) is 18.9 Å². The maximum Gasteiger partial charge on any atom is 0.471 e. The second kappa shape index (κ2) is 4.75. The fraction of sp³-hybridized carbons (Fsp3) is 0.364. The molecular weight excluding hydrogens is 247 g/mol. The minimum absolute atomic E-state index is 0.0302. The van der Waals surface area contributed by atoms with E-state index in [-0.39, 0.29) is 11.7 Å². The van der Waals surface area contributed by atoms with E-state index in [4.69, 9.17) is 0 Å². The summed E-state index contributed by atoms with van der Waals surface area (Å²) in [5, 5.41) is 9.63. The molecule has 0 fully saturated rings. The molecule has 2 rings (SSSR count). The van der Waals surface area contributed by atoms with Gasteiger partial charge in [0.2, 0.25) is 0 Å². The minimum atomic E-state index is -4.88. The molecule has 1 atom stereocenters. The van der Waals surface area contributed by atoms with Crippen LogP contribution in [-0.4, -0.2) is 18.6 Å². The van der Waals surface area contributed by atoms with Gasteiger partial charge in [0.25, 0.3) is 0 Å². The Morgan fingerprint density at radius 2 is 1.94 bits per heavy atom. The second-order valence-electron chi connectivity index (χ2n) is 3.86. The van der Waals surface area contributed by atoms with E-state index in [0.717, 1.165) is 12.0 Å². The molecule has 1 aliphatic rings. The Morgan fingerprint density at radius 1 is 1.28 bits per heavy atom. The number of halogens is 3. The van der Waals surface area contributed by atoms with Crippen LogP contribution in [0.5, 0.6) is 0 Å². The summed E-state index contributed by atoms with van der Waals surface area (Å²) < 4.78 is 36.1. The second-order valence-corrected chi connectivity index (χ2v) is 3.86. The number of benzene rings is 1. The first kappa shape index (κ1) is 12.5. The number of nitrogens with one attached hydrogen (secondary N) is 1. The van der Waals surface area contributed by atoms with Crippen molar-refractivity contribution in [2.75, 3.05) is 11.9 Å². The Bertz CT molecular complexity index is 467. The lowest BCUT2D eigenvalue weighted by atomic mass is 10.1. The summed E-state index contributed by atoms with van der Waals surface area (Å²) >= 11 is 0. The van der Waals surface area contributed by atoms with Crippen LogP contribution in [0.15, 0.2) is 34.5 Å². The van der Waals surface area contributed by atoms with Crippen LogP contribution in [-0.2, 0) is 4.79 Å². The Kier molecular flexibility index (Phi) is 3.31. The molecule has 1 aliphatic heterocycles. The standard InChI is InChI=1S/C11H10F3N3O/c12-11(13,14)10(18)16-8-3-1-7(2-4-8)9-5-6-15-17-9/h1-4,9H,5-6H2,(H,16,18). The van der Waals surface area contributed by atoms with Gasteiger partial charge in [0.1, 0.15) is 0 Å². The van der Waals surface area contributed by atoms with E-state index in [0.29, 0.717) is 6.54 Å². The Morgan fingerprint density at radius 3 is 2.44 bits per heavy atom. The summed E-state index contributed by atoms with van der Waals surface area (Å²) in [5.41, 5.74) is 0.984. The molecule has 1 amide bonds. The summed E-state index contributed by atoms with van der Waals surface area (Å²) in [6.45, 7) is 0.664. The summed E-state index contributed by atoms with van der Waals surface area (Å²) in [7, 11) is 0. The average Bonchev–Trinajstić information content (AvgIpc) is 2.82. The van der Waals surface area contributed by atoms with E-state index in [1.807, 2.05) is 0 Å². The first-order valence-electron chi connectivity index (χ1n) is 5.31. The van der Waals surface area contributed by atoms with Crippen LogP contribution >= 0.6 is 0 Å². The van der Waals surface area contributed by atoms with Gasteiger partial charge in [-0.2, -0.15) is 23.4 Å². The highest BCUT2D eigenvalue weighted by atomic mass is 19.4. The van der Waals surface area contributed by atoms with Crippen molar-refractivity contribution in [3.05, 3.63) is 29.8 Å². The number of hydrogen-bond acceptors (Lipinski definition) is 3. The topological polar surface area (TPSA) is 53.8 Å². The number of amides is 1. The molecular formula is C11H10F3N3O. The number of alkyl halides is 3. The van der Waals surface area contributed by atoms with Crippen LogP contribution in [0.1, 0.15) is 18.0 Å². The van der Waals surface area contributed by atoms with Gasteiger partial charge in [-0.15, -0.1) is 0 Å². The fourth-order valence-corrected chi connectivity index (χ4v) is 1.62. The van der Waals surface area contributed by atoms with Crippen LogP contribution < -0.4 is 5.32 Å². The van der Waals surface area contributed by atoms with Crippen LogP contribution in [0.3, 0.4) is 0 Å². The third-order valence-corrected chi connectivity index (χ3v) is 2.53. The minimum Gasteiger partial charge on any atom is -0.318 e. The molecule has 1 aromatic carbocycles. The van der Waals surface area contributed by atoms with E-state index < -0.39 is 12.1 Å². The molecule has 0 radical (unpaired) electrons. The van der Waals surface area contributed by atoms with Crippen LogP contribution in [0.25, 0.3) is 0 Å². The molecule has 0 aromatic heterocycles. The Hall–Kier alpha value is -1.92. The van der Waals surface area contributed by atoms with Crippen molar-refractivity contribution >= 4 is 11.6 Å². The van der Waals surface area contributed by atoms with E-state index in [1.165, 1.54) is 12.1 Å². The van der Waals surface area contributed by atoms with Gasteiger partial charge in [-0.05, 0) is 24.1 Å². The maximum atomic E-state index is 12.0. The molecule has 0 spiro atoms. The molecule has 7 heteroatoms. The summed E-state index contributed by atoms with van der Waals surface area (Å²) in [4.78, 5) is 10.7. The van der Waals surface area contributed by atoms with Gasteiger partial charge in [-0.3, -0.25) is 4.79 Å². The van der Waals surface area contributed by atoms with Crippen molar-refractivity contribution in [1.82, 2.24) is 0 Å². The molecule has 0 aliphatic carbocycles. The molecule has 96 valence electrons. The number of azo groups is 1. The lowest BCUT2D eigenvalue weighted by molar-refractivity contribution is -0.167. The molecule has 0 bridgehead atoms. The van der Waals surface area contributed by atoms with Crippen LogP contribution in [0, 0.1) is 0 Å². The van der Waals surface area contributed by atoms with Gasteiger partial charge < -0.3 is 5.32 Å². The Balaban J connectivity index is 2.04. The molecule has 1 unspecified atom stereocenters. The number of nitrogens with zero attached hydrogens (tertiary/aromatic N) is 2. The zero-order chi connectivity index (χ0) is 13.2. The number of anilines is 1. The van der Waals surface area contributed by atoms with Gasteiger partial charge in [0.05, 0.1) is 12.6 Å². The van der Waals surface area contributed by atoms with Crippen molar-refractivity contribution in [1.29, 1.82) is 0 Å². The van der Waals surface area contributed by atoms with Crippen molar-refractivity contribution in [2.45, 2.75) is 18.6 Å². The highest BCUT2D eigenvalue weighted by Gasteiger charge is 2.38. The number of carbonyl (C=O) groups excluding carboxylic acids is 1. The highest BCUT2D eigenvalue weighted by molar-refractivity contribution is 5.94. The highest BCUT2D eigenvalue weighted by Crippen LogP contribution is 2.27. The average molecular weight is 257 g/mol. The van der Waals surface area contributed by atoms with Gasteiger partial charge in [-0.25, -0.2) is 0 Å². The molecule has 1 heterocycles. The van der Waals surface area contributed by atoms with Crippen molar-refractivity contribution in [2.24, 2.45) is 10.2 Å². The number of hydrogen-bond donors (Lipinski definition) is 1. The normalized spacial score (nSPS) is 18.9. The van der Waals surface area contributed by atoms with E-state index in [1.54, 1.807) is 17.4 Å².